The first-order chi connectivity index (χ1) is 14.4. The molecule has 0 bridgehead atoms. The Morgan fingerprint density at radius 3 is 2.63 bits per heavy atom. The van der Waals surface area contributed by atoms with E-state index >= 15 is 0 Å². The molecule has 6 nitrogen and oxygen atoms in total. The summed E-state index contributed by atoms with van der Waals surface area (Å²) in [5.41, 5.74) is -0.124. The summed E-state index contributed by atoms with van der Waals surface area (Å²) in [6.45, 7) is 5.21. The second-order valence-electron chi connectivity index (χ2n) is 7.00. The van der Waals surface area contributed by atoms with Crippen molar-refractivity contribution in [3.05, 3.63) is 48.2 Å². The number of halogens is 3. The van der Waals surface area contributed by atoms with E-state index in [-0.39, 0.29) is 12.5 Å². The Kier molecular flexibility index (Phi) is 7.15. The van der Waals surface area contributed by atoms with Gasteiger partial charge in [-0.15, -0.1) is 0 Å². The Morgan fingerprint density at radius 1 is 1.13 bits per heavy atom. The van der Waals surface area contributed by atoms with Gasteiger partial charge < -0.3 is 15.0 Å². The molecular formula is C21H25F3N4O2. The van der Waals surface area contributed by atoms with Gasteiger partial charge in [-0.3, -0.25) is 9.69 Å². The van der Waals surface area contributed by atoms with Gasteiger partial charge in [-0.05, 0) is 37.6 Å². The van der Waals surface area contributed by atoms with E-state index in [9.17, 15) is 18.0 Å². The molecule has 3 rings (SSSR count). The number of pyridine rings is 1. The van der Waals surface area contributed by atoms with Gasteiger partial charge in [0.25, 0.3) is 0 Å². The number of nitrogens with one attached hydrogen (secondary N) is 1. The van der Waals surface area contributed by atoms with E-state index in [1.165, 1.54) is 6.07 Å². The van der Waals surface area contributed by atoms with Crippen LogP contribution in [0.3, 0.4) is 0 Å². The van der Waals surface area contributed by atoms with E-state index in [2.05, 4.69) is 10.3 Å². The molecule has 1 aromatic carbocycles. The highest BCUT2D eigenvalue weighted by Gasteiger charge is 2.31. The lowest BCUT2D eigenvalue weighted by atomic mass is 10.2. The van der Waals surface area contributed by atoms with E-state index in [0.29, 0.717) is 43.5 Å². The van der Waals surface area contributed by atoms with Crippen LogP contribution in [0.4, 0.5) is 24.7 Å². The maximum atomic E-state index is 12.7. The quantitative estimate of drug-likeness (QED) is 0.770. The summed E-state index contributed by atoms with van der Waals surface area (Å²) in [5.74, 6) is 1.01. The van der Waals surface area contributed by atoms with Gasteiger partial charge in [-0.25, -0.2) is 4.98 Å². The zero-order valence-corrected chi connectivity index (χ0v) is 16.8. The molecule has 1 saturated heterocycles. The Morgan fingerprint density at radius 2 is 1.93 bits per heavy atom. The van der Waals surface area contributed by atoms with Crippen LogP contribution >= 0.6 is 0 Å². The van der Waals surface area contributed by atoms with Crippen molar-refractivity contribution in [1.29, 1.82) is 0 Å². The number of ether oxygens (including phenoxy) is 1. The molecule has 1 amide bonds. The van der Waals surface area contributed by atoms with Crippen LogP contribution in [-0.4, -0.2) is 55.1 Å². The monoisotopic (exact) mass is 422 g/mol. The van der Waals surface area contributed by atoms with Gasteiger partial charge in [0.1, 0.15) is 11.6 Å². The van der Waals surface area contributed by atoms with E-state index in [1.54, 1.807) is 12.1 Å². The summed E-state index contributed by atoms with van der Waals surface area (Å²) in [7, 11) is 0. The van der Waals surface area contributed by atoms with Crippen molar-refractivity contribution in [1.82, 2.24) is 9.88 Å². The molecule has 2 aromatic rings. The molecule has 0 aliphatic carbocycles. The molecule has 0 atom stereocenters. The number of amides is 1. The largest absolute Gasteiger partial charge is 0.492 e. The average molecular weight is 422 g/mol. The van der Waals surface area contributed by atoms with E-state index in [1.807, 2.05) is 28.9 Å². The summed E-state index contributed by atoms with van der Waals surface area (Å²) in [6.07, 6.45) is -2.75. The van der Waals surface area contributed by atoms with Gasteiger partial charge in [0, 0.05) is 32.4 Å². The first-order valence-electron chi connectivity index (χ1n) is 9.89. The second kappa shape index (κ2) is 9.80. The molecular weight excluding hydrogens is 397 g/mol. The highest BCUT2D eigenvalue weighted by Crippen LogP contribution is 2.29. The molecule has 0 radical (unpaired) electrons. The van der Waals surface area contributed by atoms with Crippen molar-refractivity contribution >= 4 is 17.4 Å². The second-order valence-corrected chi connectivity index (χ2v) is 7.00. The van der Waals surface area contributed by atoms with Crippen LogP contribution in [0.1, 0.15) is 18.9 Å². The minimum Gasteiger partial charge on any atom is -0.492 e. The molecule has 0 saturated carbocycles. The Labute approximate surface area is 173 Å². The predicted octanol–water partition coefficient (Wildman–Crippen LogP) is 3.65. The molecule has 1 aliphatic rings. The molecule has 1 fully saturated rings. The van der Waals surface area contributed by atoms with E-state index < -0.39 is 11.7 Å². The number of carbonyl (C=O) groups excluding carboxylic acids is 1. The minimum atomic E-state index is -4.39. The SMILES string of the molecule is CCOc1ccccc1NC(=O)CN1CCCN(c2ccc(C(F)(F)F)cn2)CC1. The fourth-order valence-electron chi connectivity index (χ4n) is 3.34. The highest BCUT2D eigenvalue weighted by molar-refractivity contribution is 5.93. The number of hydrogen-bond donors (Lipinski definition) is 1. The Hall–Kier alpha value is -2.81. The van der Waals surface area contributed by atoms with Crippen molar-refractivity contribution < 1.29 is 22.7 Å². The van der Waals surface area contributed by atoms with E-state index in [0.717, 1.165) is 25.2 Å². The zero-order chi connectivity index (χ0) is 21.6. The van der Waals surface area contributed by atoms with Crippen molar-refractivity contribution in [2.45, 2.75) is 19.5 Å². The van der Waals surface area contributed by atoms with Crippen LogP contribution in [-0.2, 0) is 11.0 Å². The van der Waals surface area contributed by atoms with Crippen LogP contribution in [0.15, 0.2) is 42.6 Å². The van der Waals surface area contributed by atoms with Crippen LogP contribution in [0, 0.1) is 0 Å². The number of nitrogens with zero attached hydrogens (tertiary/aromatic N) is 3. The van der Waals surface area contributed by atoms with Crippen LogP contribution < -0.4 is 15.0 Å². The van der Waals surface area contributed by atoms with Crippen molar-refractivity contribution in [3.8, 4) is 5.75 Å². The third-order valence-electron chi connectivity index (χ3n) is 4.82. The molecule has 0 unspecified atom stereocenters. The fourth-order valence-corrected chi connectivity index (χ4v) is 3.34. The van der Waals surface area contributed by atoms with Gasteiger partial charge in [-0.2, -0.15) is 13.2 Å². The van der Waals surface area contributed by atoms with Gasteiger partial charge in [0.2, 0.25) is 5.91 Å². The number of aromatic nitrogens is 1. The summed E-state index contributed by atoms with van der Waals surface area (Å²) in [5, 5.41) is 2.89. The molecule has 30 heavy (non-hydrogen) atoms. The molecule has 1 aliphatic heterocycles. The maximum Gasteiger partial charge on any atom is 0.417 e. The lowest BCUT2D eigenvalue weighted by Crippen LogP contribution is -2.36. The molecule has 2 heterocycles. The van der Waals surface area contributed by atoms with Crippen LogP contribution in [0.5, 0.6) is 5.75 Å². The van der Waals surface area contributed by atoms with Crippen LogP contribution in [0.25, 0.3) is 0 Å². The summed E-state index contributed by atoms with van der Waals surface area (Å²) < 4.78 is 43.7. The molecule has 162 valence electrons. The predicted molar refractivity (Wildman–Crippen MR) is 109 cm³/mol. The van der Waals surface area contributed by atoms with Gasteiger partial charge in [-0.1, -0.05) is 12.1 Å². The Balaban J connectivity index is 1.54. The summed E-state index contributed by atoms with van der Waals surface area (Å²) in [4.78, 5) is 20.4. The van der Waals surface area contributed by atoms with Crippen LogP contribution in [0.2, 0.25) is 0 Å². The summed E-state index contributed by atoms with van der Waals surface area (Å²) >= 11 is 0. The number of anilines is 2. The topological polar surface area (TPSA) is 57.7 Å². The third-order valence-corrected chi connectivity index (χ3v) is 4.82. The van der Waals surface area contributed by atoms with Crippen molar-refractivity contribution in [2.75, 3.05) is 49.5 Å². The average Bonchev–Trinajstić information content (AvgIpc) is 2.95. The standard InChI is InChI=1S/C21H25F3N4O2/c1-2-30-18-7-4-3-6-17(18)26-20(29)15-27-10-5-11-28(13-12-27)19-9-8-16(14-25-19)21(22,23)24/h3-4,6-9,14H,2,5,10-13,15H2,1H3,(H,26,29). The minimum absolute atomic E-state index is 0.136. The summed E-state index contributed by atoms with van der Waals surface area (Å²) in [6, 6.07) is 9.73. The molecule has 1 aromatic heterocycles. The number of benzene rings is 1. The van der Waals surface area contributed by atoms with Crippen molar-refractivity contribution in [2.24, 2.45) is 0 Å². The first-order valence-corrected chi connectivity index (χ1v) is 9.89. The van der Waals surface area contributed by atoms with Gasteiger partial charge in [0.15, 0.2) is 0 Å². The molecule has 1 N–H and O–H groups in total. The zero-order valence-electron chi connectivity index (χ0n) is 16.8. The fraction of sp³-hybridized carbons (Fsp3) is 0.429. The normalized spacial score (nSPS) is 15.5. The first kappa shape index (κ1) is 21.9. The molecule has 0 spiro atoms. The number of rotatable bonds is 6. The molecule has 9 heteroatoms. The van der Waals surface area contributed by atoms with Gasteiger partial charge >= 0.3 is 6.18 Å². The van der Waals surface area contributed by atoms with Crippen molar-refractivity contribution in [3.63, 3.8) is 0 Å². The smallest absolute Gasteiger partial charge is 0.417 e. The lowest BCUT2D eigenvalue weighted by Gasteiger charge is -2.23. The number of hydrogen-bond acceptors (Lipinski definition) is 5. The highest BCUT2D eigenvalue weighted by atomic mass is 19.4. The van der Waals surface area contributed by atoms with E-state index in [4.69, 9.17) is 4.74 Å². The number of alkyl halides is 3. The number of carbonyl (C=O) groups is 1. The Bertz CT molecular complexity index is 843. The van der Waals surface area contributed by atoms with Gasteiger partial charge in [0.05, 0.1) is 24.4 Å². The lowest BCUT2D eigenvalue weighted by molar-refractivity contribution is -0.137. The third kappa shape index (κ3) is 5.85. The number of para-hydroxylation sites is 2. The maximum absolute atomic E-state index is 12.7.